The van der Waals surface area contributed by atoms with Crippen molar-refractivity contribution in [2.24, 2.45) is 5.73 Å². The van der Waals surface area contributed by atoms with E-state index in [4.69, 9.17) is 10.2 Å². The molecule has 1 atom stereocenters. The Morgan fingerprint density at radius 1 is 1.64 bits per heavy atom. The Labute approximate surface area is 82.1 Å². The molecule has 1 unspecified atom stereocenters. The number of nitrogens with zero attached hydrogens (tertiary/aromatic N) is 1. The van der Waals surface area contributed by atoms with E-state index in [0.29, 0.717) is 6.54 Å². The van der Waals surface area contributed by atoms with E-state index in [1.165, 1.54) is 0 Å². The largest absolute Gasteiger partial charge is 0.472 e. The SMILES string of the molecule is CC(CN)c1ncc(-c2ccoc2)[nH]1. The smallest absolute Gasteiger partial charge is 0.110 e. The monoisotopic (exact) mass is 191 g/mol. The molecule has 0 saturated carbocycles. The predicted octanol–water partition coefficient (Wildman–Crippen LogP) is 1.73. The second kappa shape index (κ2) is 3.67. The molecule has 0 bridgehead atoms. The summed E-state index contributed by atoms with van der Waals surface area (Å²) in [6.07, 6.45) is 5.12. The van der Waals surface area contributed by atoms with Crippen molar-refractivity contribution >= 4 is 0 Å². The molecule has 0 aromatic carbocycles. The van der Waals surface area contributed by atoms with E-state index in [0.717, 1.165) is 17.1 Å². The van der Waals surface area contributed by atoms with Gasteiger partial charge in [-0.1, -0.05) is 6.92 Å². The van der Waals surface area contributed by atoms with Gasteiger partial charge in [0.1, 0.15) is 5.82 Å². The Morgan fingerprint density at radius 2 is 2.50 bits per heavy atom. The summed E-state index contributed by atoms with van der Waals surface area (Å²) in [4.78, 5) is 7.48. The van der Waals surface area contributed by atoms with Gasteiger partial charge in [-0.25, -0.2) is 4.98 Å². The van der Waals surface area contributed by atoms with Crippen LogP contribution >= 0.6 is 0 Å². The molecule has 0 aliphatic carbocycles. The van der Waals surface area contributed by atoms with Gasteiger partial charge < -0.3 is 15.1 Å². The maximum Gasteiger partial charge on any atom is 0.110 e. The van der Waals surface area contributed by atoms with Gasteiger partial charge >= 0.3 is 0 Å². The first kappa shape index (κ1) is 9.02. The zero-order valence-electron chi connectivity index (χ0n) is 8.03. The molecule has 0 fully saturated rings. The third kappa shape index (κ3) is 1.56. The molecular formula is C10H13N3O. The zero-order valence-corrected chi connectivity index (χ0v) is 8.03. The van der Waals surface area contributed by atoms with Crippen LogP contribution in [-0.2, 0) is 0 Å². The Balaban J connectivity index is 2.26. The summed E-state index contributed by atoms with van der Waals surface area (Å²) in [6, 6.07) is 1.89. The van der Waals surface area contributed by atoms with E-state index < -0.39 is 0 Å². The maximum atomic E-state index is 5.55. The lowest BCUT2D eigenvalue weighted by atomic mass is 10.2. The van der Waals surface area contributed by atoms with Gasteiger partial charge in [-0.15, -0.1) is 0 Å². The molecule has 3 N–H and O–H groups in total. The quantitative estimate of drug-likeness (QED) is 0.776. The molecule has 14 heavy (non-hydrogen) atoms. The van der Waals surface area contributed by atoms with Crippen molar-refractivity contribution in [3.63, 3.8) is 0 Å². The summed E-state index contributed by atoms with van der Waals surface area (Å²) < 4.78 is 4.99. The standard InChI is InChI=1S/C10H13N3O/c1-7(4-11)10-12-5-9(13-10)8-2-3-14-6-8/h2-3,5-7H,4,11H2,1H3,(H,12,13). The molecule has 2 rings (SSSR count). The molecule has 4 nitrogen and oxygen atoms in total. The van der Waals surface area contributed by atoms with Gasteiger partial charge in [0, 0.05) is 18.0 Å². The van der Waals surface area contributed by atoms with Gasteiger partial charge in [-0.2, -0.15) is 0 Å². The minimum atomic E-state index is 0.260. The van der Waals surface area contributed by atoms with Crippen molar-refractivity contribution in [3.8, 4) is 11.3 Å². The second-order valence-electron chi connectivity index (χ2n) is 3.33. The Morgan fingerprint density at radius 3 is 3.14 bits per heavy atom. The fourth-order valence-corrected chi connectivity index (χ4v) is 1.26. The molecule has 0 amide bonds. The number of hydrogen-bond donors (Lipinski definition) is 2. The summed E-state index contributed by atoms with van der Waals surface area (Å²) in [6.45, 7) is 2.64. The number of hydrogen-bond acceptors (Lipinski definition) is 3. The first-order valence-electron chi connectivity index (χ1n) is 4.59. The number of nitrogens with one attached hydrogen (secondary N) is 1. The van der Waals surface area contributed by atoms with Crippen LogP contribution < -0.4 is 5.73 Å². The topological polar surface area (TPSA) is 67.8 Å². The first-order valence-corrected chi connectivity index (χ1v) is 4.59. The fourth-order valence-electron chi connectivity index (χ4n) is 1.26. The fraction of sp³-hybridized carbons (Fsp3) is 0.300. The molecule has 0 radical (unpaired) electrons. The van der Waals surface area contributed by atoms with Crippen LogP contribution in [0.25, 0.3) is 11.3 Å². The molecular weight excluding hydrogens is 178 g/mol. The average Bonchev–Trinajstić information content (AvgIpc) is 2.86. The number of furan rings is 1. The average molecular weight is 191 g/mol. The number of nitrogens with two attached hydrogens (primary N) is 1. The molecule has 2 aromatic rings. The summed E-state index contributed by atoms with van der Waals surface area (Å²) in [5.74, 6) is 1.18. The Bertz CT molecular complexity index is 391. The number of aromatic nitrogens is 2. The lowest BCUT2D eigenvalue weighted by Crippen LogP contribution is -2.10. The number of imidazole rings is 1. The van der Waals surface area contributed by atoms with Crippen molar-refractivity contribution in [2.45, 2.75) is 12.8 Å². The van der Waals surface area contributed by atoms with E-state index >= 15 is 0 Å². The molecule has 0 aliphatic rings. The van der Waals surface area contributed by atoms with E-state index in [1.807, 2.05) is 13.0 Å². The van der Waals surface area contributed by atoms with Crippen LogP contribution in [0.2, 0.25) is 0 Å². The second-order valence-corrected chi connectivity index (χ2v) is 3.33. The maximum absolute atomic E-state index is 5.55. The highest BCUT2D eigenvalue weighted by atomic mass is 16.3. The van der Waals surface area contributed by atoms with Crippen LogP contribution in [0.4, 0.5) is 0 Å². The van der Waals surface area contributed by atoms with E-state index in [1.54, 1.807) is 18.7 Å². The lowest BCUT2D eigenvalue weighted by molar-refractivity contribution is 0.568. The highest BCUT2D eigenvalue weighted by Gasteiger charge is 2.08. The predicted molar refractivity (Wildman–Crippen MR) is 53.8 cm³/mol. The number of H-pyrrole nitrogens is 1. The Hall–Kier alpha value is -1.55. The Kier molecular flexibility index (Phi) is 2.37. The van der Waals surface area contributed by atoms with Crippen molar-refractivity contribution in [1.29, 1.82) is 0 Å². The van der Waals surface area contributed by atoms with Crippen LogP contribution in [0.1, 0.15) is 18.7 Å². The van der Waals surface area contributed by atoms with Gasteiger partial charge in [0.25, 0.3) is 0 Å². The summed E-state index contributed by atoms with van der Waals surface area (Å²) >= 11 is 0. The van der Waals surface area contributed by atoms with E-state index in [-0.39, 0.29) is 5.92 Å². The zero-order chi connectivity index (χ0) is 9.97. The van der Waals surface area contributed by atoms with Crippen molar-refractivity contribution in [3.05, 3.63) is 30.6 Å². The van der Waals surface area contributed by atoms with Crippen LogP contribution in [0.15, 0.2) is 29.2 Å². The highest BCUT2D eigenvalue weighted by Crippen LogP contribution is 2.19. The normalized spacial score (nSPS) is 13.0. The summed E-state index contributed by atoms with van der Waals surface area (Å²) in [5, 5.41) is 0. The van der Waals surface area contributed by atoms with Crippen molar-refractivity contribution in [1.82, 2.24) is 9.97 Å². The minimum absolute atomic E-state index is 0.260. The van der Waals surface area contributed by atoms with Crippen molar-refractivity contribution < 1.29 is 4.42 Å². The van der Waals surface area contributed by atoms with E-state index in [9.17, 15) is 0 Å². The van der Waals surface area contributed by atoms with E-state index in [2.05, 4.69) is 9.97 Å². The molecule has 0 saturated heterocycles. The van der Waals surface area contributed by atoms with Crippen molar-refractivity contribution in [2.75, 3.05) is 6.54 Å². The van der Waals surface area contributed by atoms with Gasteiger partial charge in [0.15, 0.2) is 0 Å². The first-order chi connectivity index (χ1) is 6.81. The third-order valence-electron chi connectivity index (χ3n) is 2.25. The third-order valence-corrected chi connectivity index (χ3v) is 2.25. The molecule has 4 heteroatoms. The number of rotatable bonds is 3. The molecule has 2 heterocycles. The van der Waals surface area contributed by atoms with Gasteiger partial charge in [0.2, 0.25) is 0 Å². The molecule has 74 valence electrons. The molecule has 0 aliphatic heterocycles. The van der Waals surface area contributed by atoms with Crippen LogP contribution in [0.3, 0.4) is 0 Å². The number of aromatic amines is 1. The summed E-state index contributed by atoms with van der Waals surface area (Å²) in [5.41, 5.74) is 7.53. The van der Waals surface area contributed by atoms with Gasteiger partial charge in [0.05, 0.1) is 24.4 Å². The van der Waals surface area contributed by atoms with Gasteiger partial charge in [-0.05, 0) is 6.07 Å². The van der Waals surface area contributed by atoms with Gasteiger partial charge in [-0.3, -0.25) is 0 Å². The lowest BCUT2D eigenvalue weighted by Gasteiger charge is -2.02. The van der Waals surface area contributed by atoms with Crippen LogP contribution in [0.5, 0.6) is 0 Å². The minimum Gasteiger partial charge on any atom is -0.472 e. The van der Waals surface area contributed by atoms with Crippen LogP contribution in [0, 0.1) is 0 Å². The van der Waals surface area contributed by atoms with Crippen LogP contribution in [-0.4, -0.2) is 16.5 Å². The molecule has 0 spiro atoms. The molecule has 2 aromatic heterocycles. The summed E-state index contributed by atoms with van der Waals surface area (Å²) in [7, 11) is 0. The highest BCUT2D eigenvalue weighted by molar-refractivity contribution is 5.56.